The summed E-state index contributed by atoms with van der Waals surface area (Å²) < 4.78 is 26.3. The molecule has 2 aromatic rings. The molecule has 3 nitrogen and oxygen atoms in total. The van der Waals surface area contributed by atoms with Gasteiger partial charge in [-0.25, -0.2) is 8.78 Å². The molecule has 0 aliphatic carbocycles. The summed E-state index contributed by atoms with van der Waals surface area (Å²) in [4.78, 5) is 11.9. The molecule has 23 heavy (non-hydrogen) atoms. The van der Waals surface area contributed by atoms with E-state index < -0.39 is 11.6 Å². The lowest BCUT2D eigenvalue weighted by Crippen LogP contribution is -2.22. The SMILES string of the molecule is CC(C)(C)c1ccc(NC(=O)CNc2ccc(F)cc2F)cc1. The summed E-state index contributed by atoms with van der Waals surface area (Å²) in [5, 5.41) is 5.37. The van der Waals surface area contributed by atoms with Crippen molar-refractivity contribution in [2.45, 2.75) is 26.2 Å². The van der Waals surface area contributed by atoms with E-state index in [-0.39, 0.29) is 23.6 Å². The van der Waals surface area contributed by atoms with Gasteiger partial charge in [-0.1, -0.05) is 32.9 Å². The van der Waals surface area contributed by atoms with E-state index in [9.17, 15) is 13.6 Å². The van der Waals surface area contributed by atoms with Crippen molar-refractivity contribution < 1.29 is 13.6 Å². The third-order valence-corrected chi connectivity index (χ3v) is 3.41. The first-order valence-electron chi connectivity index (χ1n) is 7.35. The molecule has 0 atom stereocenters. The molecule has 0 aliphatic rings. The Hall–Kier alpha value is -2.43. The molecule has 0 spiro atoms. The average Bonchev–Trinajstić information content (AvgIpc) is 2.46. The highest BCUT2D eigenvalue weighted by Gasteiger charge is 2.13. The lowest BCUT2D eigenvalue weighted by atomic mass is 9.87. The predicted octanol–water partition coefficient (Wildman–Crippen LogP) is 4.31. The average molecular weight is 318 g/mol. The van der Waals surface area contributed by atoms with Crippen LogP contribution in [0.2, 0.25) is 0 Å². The Morgan fingerprint density at radius 1 is 1.04 bits per heavy atom. The van der Waals surface area contributed by atoms with E-state index in [1.54, 1.807) is 0 Å². The van der Waals surface area contributed by atoms with Crippen molar-refractivity contribution in [2.24, 2.45) is 0 Å². The number of halogens is 2. The van der Waals surface area contributed by atoms with Gasteiger partial charge in [0.1, 0.15) is 11.6 Å². The molecule has 5 heteroatoms. The monoisotopic (exact) mass is 318 g/mol. The Kier molecular flexibility index (Phi) is 4.98. The minimum absolute atomic E-state index is 0.0458. The van der Waals surface area contributed by atoms with Crippen LogP contribution in [0, 0.1) is 11.6 Å². The highest BCUT2D eigenvalue weighted by molar-refractivity contribution is 5.93. The fourth-order valence-electron chi connectivity index (χ4n) is 2.07. The number of anilines is 2. The number of carbonyl (C=O) groups excluding carboxylic acids is 1. The van der Waals surface area contributed by atoms with Crippen LogP contribution in [0.5, 0.6) is 0 Å². The predicted molar refractivity (Wildman–Crippen MR) is 88.6 cm³/mol. The normalized spacial score (nSPS) is 11.2. The molecule has 0 heterocycles. The van der Waals surface area contributed by atoms with Crippen LogP contribution in [0.15, 0.2) is 42.5 Å². The maximum Gasteiger partial charge on any atom is 0.243 e. The van der Waals surface area contributed by atoms with Gasteiger partial charge in [-0.2, -0.15) is 0 Å². The fraction of sp³-hybridized carbons (Fsp3) is 0.278. The van der Waals surface area contributed by atoms with Gasteiger partial charge in [-0.3, -0.25) is 4.79 Å². The highest BCUT2D eigenvalue weighted by atomic mass is 19.1. The van der Waals surface area contributed by atoms with Gasteiger partial charge in [0.15, 0.2) is 0 Å². The van der Waals surface area contributed by atoms with Crippen molar-refractivity contribution in [1.29, 1.82) is 0 Å². The molecule has 2 rings (SSSR count). The van der Waals surface area contributed by atoms with Crippen molar-refractivity contribution in [2.75, 3.05) is 17.2 Å². The minimum atomic E-state index is -0.729. The highest BCUT2D eigenvalue weighted by Crippen LogP contribution is 2.23. The second-order valence-corrected chi connectivity index (χ2v) is 6.35. The molecule has 0 aliphatic heterocycles. The number of carbonyl (C=O) groups is 1. The van der Waals surface area contributed by atoms with E-state index in [1.807, 2.05) is 24.3 Å². The number of rotatable bonds is 4. The third kappa shape index (κ3) is 4.77. The molecule has 0 aromatic heterocycles. The van der Waals surface area contributed by atoms with Crippen LogP contribution in [0.25, 0.3) is 0 Å². The van der Waals surface area contributed by atoms with E-state index >= 15 is 0 Å². The van der Waals surface area contributed by atoms with E-state index in [2.05, 4.69) is 31.4 Å². The van der Waals surface area contributed by atoms with Gasteiger partial charge < -0.3 is 10.6 Å². The summed E-state index contributed by atoms with van der Waals surface area (Å²) in [6.07, 6.45) is 0. The number of hydrogen-bond donors (Lipinski definition) is 2. The van der Waals surface area contributed by atoms with Crippen LogP contribution in [-0.2, 0) is 10.2 Å². The molecule has 0 saturated carbocycles. The lowest BCUT2D eigenvalue weighted by Gasteiger charge is -2.19. The molecule has 2 N–H and O–H groups in total. The Labute approximate surface area is 134 Å². The Bertz CT molecular complexity index is 691. The first kappa shape index (κ1) is 16.9. The third-order valence-electron chi connectivity index (χ3n) is 3.41. The van der Waals surface area contributed by atoms with Crippen LogP contribution in [0.3, 0.4) is 0 Å². The van der Waals surface area contributed by atoms with Crippen molar-refractivity contribution >= 4 is 17.3 Å². The Balaban J connectivity index is 1.92. The summed E-state index contributed by atoms with van der Waals surface area (Å²) in [6.45, 7) is 6.23. The van der Waals surface area contributed by atoms with Crippen molar-refractivity contribution in [1.82, 2.24) is 0 Å². The van der Waals surface area contributed by atoms with Crippen LogP contribution in [-0.4, -0.2) is 12.5 Å². The second-order valence-electron chi connectivity index (χ2n) is 6.35. The molecule has 122 valence electrons. The summed E-state index contributed by atoms with van der Waals surface area (Å²) in [6, 6.07) is 10.7. The lowest BCUT2D eigenvalue weighted by molar-refractivity contribution is -0.114. The standard InChI is InChI=1S/C18H20F2N2O/c1-18(2,3)12-4-7-14(8-5-12)22-17(23)11-21-16-9-6-13(19)10-15(16)20/h4-10,21H,11H2,1-3H3,(H,22,23). The summed E-state index contributed by atoms with van der Waals surface area (Å²) >= 11 is 0. The molecule has 1 amide bonds. The topological polar surface area (TPSA) is 41.1 Å². The second kappa shape index (κ2) is 6.77. The summed E-state index contributed by atoms with van der Waals surface area (Å²) in [5.41, 5.74) is 1.97. The molecular formula is C18H20F2N2O. The quantitative estimate of drug-likeness (QED) is 0.882. The number of amides is 1. The zero-order valence-corrected chi connectivity index (χ0v) is 13.4. The van der Waals surface area contributed by atoms with Gasteiger partial charge in [0.05, 0.1) is 12.2 Å². The van der Waals surface area contributed by atoms with E-state index in [0.29, 0.717) is 5.69 Å². The zero-order valence-electron chi connectivity index (χ0n) is 13.4. The summed E-state index contributed by atoms with van der Waals surface area (Å²) in [5.74, 6) is -1.69. The van der Waals surface area contributed by atoms with Gasteiger partial charge in [-0.05, 0) is 35.2 Å². The van der Waals surface area contributed by atoms with E-state index in [1.165, 1.54) is 11.6 Å². The van der Waals surface area contributed by atoms with Crippen LogP contribution in [0.4, 0.5) is 20.2 Å². The first-order chi connectivity index (χ1) is 10.8. The maximum absolute atomic E-state index is 13.4. The van der Waals surface area contributed by atoms with E-state index in [0.717, 1.165) is 12.1 Å². The van der Waals surface area contributed by atoms with Gasteiger partial charge in [0, 0.05) is 11.8 Å². The van der Waals surface area contributed by atoms with Crippen molar-refractivity contribution in [3.63, 3.8) is 0 Å². The van der Waals surface area contributed by atoms with Crippen molar-refractivity contribution in [3.8, 4) is 0 Å². The number of benzene rings is 2. The van der Waals surface area contributed by atoms with Crippen LogP contribution in [0.1, 0.15) is 26.3 Å². The molecular weight excluding hydrogens is 298 g/mol. The van der Waals surface area contributed by atoms with Crippen molar-refractivity contribution in [3.05, 3.63) is 59.7 Å². The fourth-order valence-corrected chi connectivity index (χ4v) is 2.07. The largest absolute Gasteiger partial charge is 0.374 e. The molecule has 2 aromatic carbocycles. The maximum atomic E-state index is 13.4. The van der Waals surface area contributed by atoms with Gasteiger partial charge >= 0.3 is 0 Å². The molecule has 0 saturated heterocycles. The van der Waals surface area contributed by atoms with E-state index in [4.69, 9.17) is 0 Å². The molecule has 0 radical (unpaired) electrons. The Morgan fingerprint density at radius 3 is 2.26 bits per heavy atom. The van der Waals surface area contributed by atoms with Gasteiger partial charge in [0.25, 0.3) is 0 Å². The minimum Gasteiger partial charge on any atom is -0.374 e. The first-order valence-corrected chi connectivity index (χ1v) is 7.35. The van der Waals surface area contributed by atoms with Crippen LogP contribution >= 0.6 is 0 Å². The summed E-state index contributed by atoms with van der Waals surface area (Å²) in [7, 11) is 0. The molecule has 0 bridgehead atoms. The number of hydrogen-bond acceptors (Lipinski definition) is 2. The van der Waals surface area contributed by atoms with Gasteiger partial charge in [-0.15, -0.1) is 0 Å². The number of nitrogens with one attached hydrogen (secondary N) is 2. The molecule has 0 unspecified atom stereocenters. The molecule has 0 fully saturated rings. The van der Waals surface area contributed by atoms with Gasteiger partial charge in [0.2, 0.25) is 5.91 Å². The van der Waals surface area contributed by atoms with Crippen LogP contribution < -0.4 is 10.6 Å². The zero-order chi connectivity index (χ0) is 17.0. The smallest absolute Gasteiger partial charge is 0.243 e. The Morgan fingerprint density at radius 2 is 1.70 bits per heavy atom.